The Morgan fingerprint density at radius 3 is 2.33 bits per heavy atom. The Balaban J connectivity index is 2.67. The molecule has 0 spiro atoms. The molecule has 0 saturated carbocycles. The zero-order chi connectivity index (χ0) is 13.6. The van der Waals surface area contributed by atoms with Crippen molar-refractivity contribution in [2.45, 2.75) is 6.92 Å². The molecule has 1 aliphatic heterocycles. The van der Waals surface area contributed by atoms with Crippen molar-refractivity contribution in [1.29, 1.82) is 0 Å². The van der Waals surface area contributed by atoms with E-state index in [4.69, 9.17) is 32.8 Å². The third-order valence-electron chi connectivity index (χ3n) is 2.66. The zero-order valence-corrected chi connectivity index (χ0v) is 13.0. The summed E-state index contributed by atoms with van der Waals surface area (Å²) in [5, 5.41) is 8.99. The number of hydrogen-bond donors (Lipinski definition) is 1. The van der Waals surface area contributed by atoms with Gasteiger partial charge in [0.25, 0.3) is 0 Å². The van der Waals surface area contributed by atoms with Crippen molar-refractivity contribution >= 4 is 30.9 Å². The first kappa shape index (κ1) is 16.7. The van der Waals surface area contributed by atoms with E-state index < -0.39 is 7.67 Å². The lowest BCUT2D eigenvalue weighted by atomic mass is 10.2. The molecule has 1 aliphatic rings. The third kappa shape index (κ3) is 4.64. The number of rotatable bonds is 10. The summed E-state index contributed by atoms with van der Waals surface area (Å²) in [5.74, 6) is 0.730. The summed E-state index contributed by atoms with van der Waals surface area (Å²) in [7, 11) is -3.00. The molecule has 1 N–H and O–H groups in total. The molecule has 0 aromatic rings. The molecule has 0 bridgehead atoms. The van der Waals surface area contributed by atoms with Gasteiger partial charge in [0.1, 0.15) is 0 Å². The molecule has 8 heteroatoms. The number of aliphatic hydroxyl groups excluding tert-OH is 1. The van der Waals surface area contributed by atoms with Gasteiger partial charge < -0.3 is 9.63 Å². The highest BCUT2D eigenvalue weighted by Crippen LogP contribution is 2.57. The van der Waals surface area contributed by atoms with Crippen LogP contribution >= 0.6 is 30.9 Å². The molecule has 0 unspecified atom stereocenters. The van der Waals surface area contributed by atoms with Gasteiger partial charge in [-0.05, 0) is 0 Å². The number of aliphatic hydroxyl groups is 1. The van der Waals surface area contributed by atoms with Crippen molar-refractivity contribution in [1.82, 2.24) is 9.34 Å². The Bertz CT molecular complexity index is 286. The predicted molar refractivity (Wildman–Crippen MR) is 74.4 cm³/mol. The van der Waals surface area contributed by atoms with Crippen LogP contribution in [0.2, 0.25) is 0 Å². The zero-order valence-electron chi connectivity index (χ0n) is 10.6. The van der Waals surface area contributed by atoms with Crippen molar-refractivity contribution in [3.8, 4) is 0 Å². The van der Waals surface area contributed by atoms with Crippen LogP contribution in [0.5, 0.6) is 0 Å². The van der Waals surface area contributed by atoms with Gasteiger partial charge >= 0.3 is 7.67 Å². The smallest absolute Gasteiger partial charge is 0.346 e. The highest BCUT2D eigenvalue weighted by molar-refractivity contribution is 7.54. The standard InChI is InChI=1S/C10H21Cl2N2O3P/c1-10(8-15)9-17-18(16,14-6-7-14)13(4-2-11)5-3-12/h10,15H,2-9H2,1H3/t10-,18-/m0/s1. The largest absolute Gasteiger partial charge is 0.396 e. The molecule has 2 atom stereocenters. The number of nitrogens with zero attached hydrogens (tertiary/aromatic N) is 2. The molecule has 1 saturated heterocycles. The van der Waals surface area contributed by atoms with Crippen LogP contribution < -0.4 is 0 Å². The lowest BCUT2D eigenvalue weighted by Gasteiger charge is -2.31. The Morgan fingerprint density at radius 2 is 1.94 bits per heavy atom. The van der Waals surface area contributed by atoms with Crippen LogP contribution in [0.15, 0.2) is 0 Å². The summed E-state index contributed by atoms with van der Waals surface area (Å²) in [6.45, 7) is 4.64. The molecular formula is C10H21Cl2N2O3P. The fraction of sp³-hybridized carbons (Fsp3) is 1.00. The van der Waals surface area contributed by atoms with Crippen molar-refractivity contribution in [2.75, 3.05) is 51.2 Å². The van der Waals surface area contributed by atoms with E-state index in [1.807, 2.05) is 6.92 Å². The summed E-state index contributed by atoms with van der Waals surface area (Å²) in [6.07, 6.45) is 0. The summed E-state index contributed by atoms with van der Waals surface area (Å²) >= 11 is 11.5. The normalized spacial score (nSPS) is 20.9. The molecule has 1 rings (SSSR count). The minimum absolute atomic E-state index is 0.0189. The minimum Gasteiger partial charge on any atom is -0.396 e. The van der Waals surface area contributed by atoms with Crippen LogP contribution in [0.1, 0.15) is 6.92 Å². The molecule has 0 aliphatic carbocycles. The van der Waals surface area contributed by atoms with E-state index in [1.165, 1.54) is 0 Å². The number of alkyl halides is 2. The molecule has 0 radical (unpaired) electrons. The maximum absolute atomic E-state index is 12.9. The molecular weight excluding hydrogens is 298 g/mol. The van der Waals surface area contributed by atoms with E-state index >= 15 is 0 Å². The van der Waals surface area contributed by atoms with Gasteiger partial charge in [-0.1, -0.05) is 6.92 Å². The second kappa shape index (κ2) is 8.05. The lowest BCUT2D eigenvalue weighted by Crippen LogP contribution is -2.30. The van der Waals surface area contributed by atoms with E-state index in [1.54, 1.807) is 9.34 Å². The first-order valence-corrected chi connectivity index (χ1v) is 8.66. The quantitative estimate of drug-likeness (QED) is 0.378. The van der Waals surface area contributed by atoms with Crippen molar-refractivity contribution in [3.63, 3.8) is 0 Å². The van der Waals surface area contributed by atoms with Crippen LogP contribution in [0, 0.1) is 5.92 Å². The third-order valence-corrected chi connectivity index (χ3v) is 5.72. The average Bonchev–Trinajstić information content (AvgIpc) is 3.19. The number of halogens is 2. The van der Waals surface area contributed by atoms with Gasteiger partial charge in [0.15, 0.2) is 0 Å². The van der Waals surface area contributed by atoms with Crippen LogP contribution in [-0.2, 0) is 9.09 Å². The highest BCUT2D eigenvalue weighted by Gasteiger charge is 2.44. The number of hydrogen-bond acceptors (Lipinski definition) is 3. The lowest BCUT2D eigenvalue weighted by molar-refractivity contribution is 0.158. The van der Waals surface area contributed by atoms with Crippen molar-refractivity contribution in [3.05, 3.63) is 0 Å². The Hall–Kier alpha value is 0.650. The molecule has 18 heavy (non-hydrogen) atoms. The summed E-state index contributed by atoms with van der Waals surface area (Å²) < 4.78 is 22.0. The van der Waals surface area contributed by atoms with Crippen LogP contribution in [-0.4, -0.2) is 65.6 Å². The molecule has 5 nitrogen and oxygen atoms in total. The van der Waals surface area contributed by atoms with Crippen LogP contribution in [0.4, 0.5) is 0 Å². The summed E-state index contributed by atoms with van der Waals surface area (Å²) in [5.41, 5.74) is 0. The molecule has 0 aromatic carbocycles. The first-order chi connectivity index (χ1) is 8.58. The van der Waals surface area contributed by atoms with Crippen molar-refractivity contribution < 1.29 is 14.2 Å². The van der Waals surface area contributed by atoms with Gasteiger partial charge in [0.2, 0.25) is 0 Å². The predicted octanol–water partition coefficient (Wildman–Crippen LogP) is 1.83. The molecule has 108 valence electrons. The van der Waals surface area contributed by atoms with Gasteiger partial charge in [0.05, 0.1) is 6.61 Å². The van der Waals surface area contributed by atoms with Gasteiger partial charge in [-0.25, -0.2) is 9.34 Å². The van der Waals surface area contributed by atoms with E-state index in [9.17, 15) is 4.57 Å². The molecule has 0 aromatic heterocycles. The topological polar surface area (TPSA) is 52.8 Å². The van der Waals surface area contributed by atoms with E-state index in [0.29, 0.717) is 24.8 Å². The van der Waals surface area contributed by atoms with Gasteiger partial charge in [-0.2, -0.15) is 0 Å². The fourth-order valence-corrected chi connectivity index (χ4v) is 4.55. The Kier molecular flexibility index (Phi) is 7.47. The SMILES string of the molecule is C[C@@H](CO)CO[P@@](=O)(N(CCCl)CCCl)N1CC1. The summed E-state index contributed by atoms with van der Waals surface area (Å²) in [4.78, 5) is 0. The minimum atomic E-state index is -3.00. The molecule has 0 amide bonds. The van der Waals surface area contributed by atoms with E-state index in [2.05, 4.69) is 0 Å². The molecule has 1 fully saturated rings. The van der Waals surface area contributed by atoms with Crippen LogP contribution in [0.25, 0.3) is 0 Å². The maximum Gasteiger partial charge on any atom is 0.346 e. The van der Waals surface area contributed by atoms with Gasteiger partial charge in [-0.3, -0.25) is 4.57 Å². The first-order valence-electron chi connectivity index (χ1n) is 6.06. The Morgan fingerprint density at radius 1 is 1.39 bits per heavy atom. The van der Waals surface area contributed by atoms with Crippen molar-refractivity contribution in [2.24, 2.45) is 5.92 Å². The maximum atomic E-state index is 12.9. The van der Waals surface area contributed by atoms with Gasteiger partial charge in [0, 0.05) is 50.5 Å². The Labute approximate surface area is 119 Å². The molecule has 1 heterocycles. The average molecular weight is 319 g/mol. The monoisotopic (exact) mass is 318 g/mol. The summed E-state index contributed by atoms with van der Waals surface area (Å²) in [6, 6.07) is 0. The van der Waals surface area contributed by atoms with E-state index in [-0.39, 0.29) is 19.1 Å². The van der Waals surface area contributed by atoms with E-state index in [0.717, 1.165) is 13.1 Å². The fourth-order valence-electron chi connectivity index (χ4n) is 1.48. The second-order valence-corrected chi connectivity index (χ2v) is 7.49. The van der Waals surface area contributed by atoms with Crippen LogP contribution in [0.3, 0.4) is 0 Å². The second-order valence-electron chi connectivity index (χ2n) is 4.36. The highest BCUT2D eigenvalue weighted by atomic mass is 35.5. The van der Waals surface area contributed by atoms with Gasteiger partial charge in [-0.15, -0.1) is 23.2 Å².